The van der Waals surface area contributed by atoms with Crippen molar-refractivity contribution in [3.05, 3.63) is 105 Å². The fourth-order valence-corrected chi connectivity index (χ4v) is 3.95. The molecule has 0 atom stereocenters. The minimum atomic E-state index is -0.348. The number of H-pyrrole nitrogens is 1. The summed E-state index contributed by atoms with van der Waals surface area (Å²) in [5.74, 6) is -0.240. The number of para-hydroxylation sites is 1. The van der Waals surface area contributed by atoms with Crippen LogP contribution in [-0.4, -0.2) is 22.3 Å². The van der Waals surface area contributed by atoms with Gasteiger partial charge in [-0.3, -0.25) is 9.59 Å². The highest BCUT2D eigenvalue weighted by molar-refractivity contribution is 7.09. The van der Waals surface area contributed by atoms with Crippen molar-refractivity contribution in [1.29, 1.82) is 0 Å². The third kappa shape index (κ3) is 4.05. The van der Waals surface area contributed by atoms with E-state index < -0.39 is 0 Å². The highest BCUT2D eigenvalue weighted by Crippen LogP contribution is 2.16. The summed E-state index contributed by atoms with van der Waals surface area (Å²) in [7, 11) is 0. The average molecular weight is 388 g/mol. The smallest absolute Gasteiger partial charge is 0.261 e. The summed E-state index contributed by atoms with van der Waals surface area (Å²) < 4.78 is 0. The van der Waals surface area contributed by atoms with Crippen LogP contribution in [0, 0.1) is 0 Å². The fourth-order valence-electron chi connectivity index (χ4n) is 3.23. The number of benzene rings is 2. The molecule has 0 aliphatic heterocycles. The van der Waals surface area contributed by atoms with E-state index in [0.29, 0.717) is 13.1 Å². The van der Waals surface area contributed by atoms with E-state index in [0.717, 1.165) is 22.2 Å². The molecule has 140 valence electrons. The largest absolute Gasteiger partial charge is 0.333 e. The molecule has 4 rings (SSSR count). The Morgan fingerprint density at radius 3 is 2.54 bits per heavy atom. The average Bonchev–Trinajstić information content (AvgIpc) is 3.24. The maximum absolute atomic E-state index is 13.3. The Balaban J connectivity index is 1.64. The molecule has 0 aliphatic rings. The summed E-state index contributed by atoms with van der Waals surface area (Å²) in [4.78, 5) is 31.5. The van der Waals surface area contributed by atoms with Gasteiger partial charge in [-0.05, 0) is 40.9 Å². The molecule has 28 heavy (non-hydrogen) atoms. The Bertz CT molecular complexity index is 1130. The minimum absolute atomic E-state index is 0.184. The van der Waals surface area contributed by atoms with E-state index >= 15 is 0 Å². The van der Waals surface area contributed by atoms with Crippen LogP contribution in [0.15, 0.2) is 83.0 Å². The molecular formula is C23H20N2O2S. The zero-order valence-corrected chi connectivity index (χ0v) is 16.1. The first kappa shape index (κ1) is 18.2. The number of aromatic nitrogens is 1. The van der Waals surface area contributed by atoms with Crippen LogP contribution in [-0.2, 0) is 13.0 Å². The van der Waals surface area contributed by atoms with Crippen LogP contribution in [0.1, 0.15) is 20.8 Å². The van der Waals surface area contributed by atoms with Crippen molar-refractivity contribution in [3.63, 3.8) is 0 Å². The third-order valence-electron chi connectivity index (χ3n) is 4.71. The van der Waals surface area contributed by atoms with Gasteiger partial charge in [0, 0.05) is 16.9 Å². The molecule has 0 radical (unpaired) electrons. The summed E-state index contributed by atoms with van der Waals surface area (Å²) in [6, 6.07) is 23.3. The number of nitrogens with zero attached hydrogens (tertiary/aromatic N) is 1. The second-order valence-corrected chi connectivity index (χ2v) is 7.67. The molecule has 0 aliphatic carbocycles. The first-order valence-corrected chi connectivity index (χ1v) is 10.1. The van der Waals surface area contributed by atoms with Gasteiger partial charge in [0.15, 0.2) is 0 Å². The van der Waals surface area contributed by atoms with Crippen molar-refractivity contribution in [2.45, 2.75) is 13.0 Å². The van der Waals surface area contributed by atoms with Crippen LogP contribution < -0.4 is 5.56 Å². The summed E-state index contributed by atoms with van der Waals surface area (Å²) in [5, 5.41) is 2.85. The lowest BCUT2D eigenvalue weighted by Gasteiger charge is -2.22. The molecular weight excluding hydrogens is 368 g/mol. The highest BCUT2D eigenvalue weighted by atomic mass is 32.1. The maximum Gasteiger partial charge on any atom is 0.261 e. The van der Waals surface area contributed by atoms with Gasteiger partial charge >= 0.3 is 0 Å². The molecule has 0 fully saturated rings. The standard InChI is InChI=1S/C23H20N2O2S/c26-22-20(15-18-9-4-5-11-21(18)24-22)23(27)25(16-19-10-6-14-28-19)13-12-17-7-2-1-3-8-17/h1-11,14-15H,12-13,16H2,(H,24,26). The van der Waals surface area contributed by atoms with Crippen molar-refractivity contribution >= 4 is 28.1 Å². The second kappa shape index (κ2) is 8.23. The Morgan fingerprint density at radius 1 is 0.964 bits per heavy atom. The topological polar surface area (TPSA) is 53.2 Å². The van der Waals surface area contributed by atoms with E-state index in [4.69, 9.17) is 0 Å². The molecule has 2 heterocycles. The van der Waals surface area contributed by atoms with Crippen LogP contribution in [0.25, 0.3) is 10.9 Å². The van der Waals surface area contributed by atoms with Gasteiger partial charge in [-0.1, -0.05) is 54.6 Å². The molecule has 0 bridgehead atoms. The Hall–Kier alpha value is -3.18. The molecule has 0 spiro atoms. The van der Waals surface area contributed by atoms with E-state index in [1.54, 1.807) is 22.3 Å². The zero-order valence-electron chi connectivity index (χ0n) is 15.3. The molecule has 1 N–H and O–H groups in total. The van der Waals surface area contributed by atoms with Crippen LogP contribution in [0.4, 0.5) is 0 Å². The number of fused-ring (bicyclic) bond motifs is 1. The first-order valence-electron chi connectivity index (χ1n) is 9.18. The van der Waals surface area contributed by atoms with Crippen LogP contribution in [0.5, 0.6) is 0 Å². The monoisotopic (exact) mass is 388 g/mol. The fraction of sp³-hybridized carbons (Fsp3) is 0.130. The van der Waals surface area contributed by atoms with Gasteiger partial charge in [0.2, 0.25) is 0 Å². The predicted octanol–water partition coefficient (Wildman–Crippen LogP) is 4.47. The molecule has 2 aromatic heterocycles. The predicted molar refractivity (Wildman–Crippen MR) is 114 cm³/mol. The Labute approximate surface area is 167 Å². The number of hydrogen-bond donors (Lipinski definition) is 1. The Morgan fingerprint density at radius 2 is 1.75 bits per heavy atom. The Kier molecular flexibility index (Phi) is 5.35. The maximum atomic E-state index is 13.3. The van der Waals surface area contributed by atoms with Crippen molar-refractivity contribution in [3.8, 4) is 0 Å². The van der Waals surface area contributed by atoms with Crippen LogP contribution >= 0.6 is 11.3 Å². The molecule has 0 unspecified atom stereocenters. The van der Waals surface area contributed by atoms with Crippen molar-refractivity contribution in [1.82, 2.24) is 9.88 Å². The van der Waals surface area contributed by atoms with Gasteiger partial charge in [-0.2, -0.15) is 0 Å². The summed E-state index contributed by atoms with van der Waals surface area (Å²) >= 11 is 1.61. The number of rotatable bonds is 6. The molecule has 0 saturated heterocycles. The number of nitrogens with one attached hydrogen (secondary N) is 1. The molecule has 0 saturated carbocycles. The number of aromatic amines is 1. The lowest BCUT2D eigenvalue weighted by molar-refractivity contribution is 0.0745. The van der Waals surface area contributed by atoms with Gasteiger partial charge in [0.1, 0.15) is 5.56 Å². The number of amides is 1. The van der Waals surface area contributed by atoms with E-state index in [9.17, 15) is 9.59 Å². The summed E-state index contributed by atoms with van der Waals surface area (Å²) in [6.45, 7) is 1.04. The van der Waals surface area contributed by atoms with E-state index in [1.165, 1.54) is 5.56 Å². The van der Waals surface area contributed by atoms with Crippen molar-refractivity contribution in [2.24, 2.45) is 0 Å². The second-order valence-electron chi connectivity index (χ2n) is 6.64. The lowest BCUT2D eigenvalue weighted by atomic mass is 10.1. The zero-order chi connectivity index (χ0) is 19.3. The summed E-state index contributed by atoms with van der Waals surface area (Å²) in [5.41, 5.74) is 1.74. The molecule has 1 amide bonds. The van der Waals surface area contributed by atoms with E-state index in [2.05, 4.69) is 17.1 Å². The highest BCUT2D eigenvalue weighted by Gasteiger charge is 2.20. The molecule has 4 nitrogen and oxygen atoms in total. The van der Waals surface area contributed by atoms with Gasteiger partial charge in [0.05, 0.1) is 6.54 Å². The first-order chi connectivity index (χ1) is 13.7. The number of carbonyl (C=O) groups excluding carboxylic acids is 1. The van der Waals surface area contributed by atoms with E-state index in [1.807, 2.05) is 60.0 Å². The van der Waals surface area contributed by atoms with Crippen LogP contribution in [0.3, 0.4) is 0 Å². The molecule has 4 aromatic rings. The minimum Gasteiger partial charge on any atom is -0.333 e. The molecule has 2 aromatic carbocycles. The van der Waals surface area contributed by atoms with Gasteiger partial charge in [-0.25, -0.2) is 0 Å². The lowest BCUT2D eigenvalue weighted by Crippen LogP contribution is -2.35. The third-order valence-corrected chi connectivity index (χ3v) is 5.57. The molecule has 5 heteroatoms. The number of pyridine rings is 1. The van der Waals surface area contributed by atoms with Crippen molar-refractivity contribution < 1.29 is 4.79 Å². The van der Waals surface area contributed by atoms with Crippen LogP contribution in [0.2, 0.25) is 0 Å². The van der Waals surface area contributed by atoms with Gasteiger partial charge in [0.25, 0.3) is 11.5 Å². The number of hydrogen-bond acceptors (Lipinski definition) is 3. The van der Waals surface area contributed by atoms with Gasteiger partial charge in [-0.15, -0.1) is 11.3 Å². The SMILES string of the molecule is O=C(c1cc2ccccc2[nH]c1=O)N(CCc1ccccc1)Cc1cccs1. The van der Waals surface area contributed by atoms with Crippen molar-refractivity contribution in [2.75, 3.05) is 6.54 Å². The summed E-state index contributed by atoms with van der Waals surface area (Å²) in [6.07, 6.45) is 0.740. The van der Waals surface area contributed by atoms with E-state index in [-0.39, 0.29) is 17.0 Å². The normalized spacial score (nSPS) is 10.9. The quantitative estimate of drug-likeness (QED) is 0.530. The number of carbonyl (C=O) groups is 1. The number of thiophene rings is 1. The van der Waals surface area contributed by atoms with Gasteiger partial charge < -0.3 is 9.88 Å².